The van der Waals surface area contributed by atoms with Gasteiger partial charge in [-0.1, -0.05) is 107 Å². The molecule has 1 unspecified atom stereocenters. The zero-order valence-corrected chi connectivity index (χ0v) is 20.0. The summed E-state index contributed by atoms with van der Waals surface area (Å²) in [6.45, 7) is 11.0. The van der Waals surface area contributed by atoms with Crippen LogP contribution < -0.4 is 0 Å². The number of benzene rings is 1. The van der Waals surface area contributed by atoms with Crippen LogP contribution in [0.4, 0.5) is 4.39 Å². The number of allylic oxidation sites excluding steroid dienone is 4. The number of hydrogen-bond donors (Lipinski definition) is 0. The monoisotopic (exact) mass is 423 g/mol. The van der Waals surface area contributed by atoms with Crippen molar-refractivity contribution in [2.45, 2.75) is 78.6 Å². The van der Waals surface area contributed by atoms with E-state index in [1.807, 2.05) is 25.3 Å². The Morgan fingerprint density at radius 2 is 1.77 bits per heavy atom. The number of rotatable bonds is 15. The minimum absolute atomic E-state index is 0.187. The molecule has 0 aliphatic heterocycles. The molecule has 0 aliphatic rings. The fraction of sp³-hybridized carbons (Fsp3) is 0.517. The van der Waals surface area contributed by atoms with Gasteiger partial charge in [-0.25, -0.2) is 4.39 Å². The van der Waals surface area contributed by atoms with Crippen LogP contribution in [-0.4, -0.2) is 18.1 Å². The van der Waals surface area contributed by atoms with E-state index in [4.69, 9.17) is 0 Å². The second-order valence-corrected chi connectivity index (χ2v) is 8.08. The van der Waals surface area contributed by atoms with Gasteiger partial charge >= 0.3 is 0 Å². The van der Waals surface area contributed by atoms with E-state index in [2.05, 4.69) is 67.5 Å². The first-order valence-corrected chi connectivity index (χ1v) is 12.1. The van der Waals surface area contributed by atoms with Crippen molar-refractivity contribution in [3.63, 3.8) is 0 Å². The molecular formula is C29H42FN. The van der Waals surface area contributed by atoms with Crippen LogP contribution >= 0.6 is 0 Å². The summed E-state index contributed by atoms with van der Waals surface area (Å²) in [5.41, 5.74) is 3.34. The number of nitrogens with zero attached hydrogens (tertiary/aromatic N) is 1. The van der Waals surface area contributed by atoms with Gasteiger partial charge in [0.25, 0.3) is 0 Å². The zero-order valence-electron chi connectivity index (χ0n) is 20.0. The lowest BCUT2D eigenvalue weighted by Gasteiger charge is -2.25. The third-order valence-corrected chi connectivity index (χ3v) is 5.43. The van der Waals surface area contributed by atoms with Crippen molar-refractivity contribution < 1.29 is 4.39 Å². The molecule has 1 rings (SSSR count). The van der Waals surface area contributed by atoms with Crippen molar-refractivity contribution in [1.82, 2.24) is 4.90 Å². The molecule has 0 N–H and O–H groups in total. The molecular weight excluding hydrogens is 381 g/mol. The van der Waals surface area contributed by atoms with E-state index in [1.54, 1.807) is 0 Å². The maximum absolute atomic E-state index is 13.6. The largest absolute Gasteiger partial charge is 0.351 e. The standard InChI is InChI=1S/C29H42FN/c1-5-9-11-12-14-20-27(25-30)21-22-28(17-7-3)29(31(8-4)23-10-6-2)24-26-18-15-13-16-19-26/h7-8,13,15-19,27H,4-6,9-12,14,20,23-25H2,1-3H3/b17-7-,29-28+. The average Bonchev–Trinajstić information content (AvgIpc) is 2.80. The molecule has 0 fully saturated rings. The van der Waals surface area contributed by atoms with Gasteiger partial charge < -0.3 is 4.90 Å². The van der Waals surface area contributed by atoms with Crippen LogP contribution in [0.15, 0.2) is 66.5 Å². The lowest BCUT2D eigenvalue weighted by atomic mass is 10.00. The van der Waals surface area contributed by atoms with Gasteiger partial charge in [-0.05, 0) is 37.6 Å². The van der Waals surface area contributed by atoms with Crippen LogP contribution in [0, 0.1) is 17.8 Å². The summed E-state index contributed by atoms with van der Waals surface area (Å²) in [5, 5.41) is 0. The fourth-order valence-corrected chi connectivity index (χ4v) is 3.54. The van der Waals surface area contributed by atoms with Crippen molar-refractivity contribution in [2.75, 3.05) is 13.2 Å². The van der Waals surface area contributed by atoms with Crippen molar-refractivity contribution in [2.24, 2.45) is 5.92 Å². The van der Waals surface area contributed by atoms with E-state index in [9.17, 15) is 4.39 Å². The van der Waals surface area contributed by atoms with E-state index >= 15 is 0 Å². The Kier molecular flexibility index (Phi) is 15.0. The molecule has 2 heteroatoms. The summed E-state index contributed by atoms with van der Waals surface area (Å²) in [6, 6.07) is 10.4. The summed E-state index contributed by atoms with van der Waals surface area (Å²) >= 11 is 0. The van der Waals surface area contributed by atoms with E-state index in [-0.39, 0.29) is 12.6 Å². The number of halogens is 1. The molecule has 170 valence electrons. The van der Waals surface area contributed by atoms with Crippen LogP contribution in [-0.2, 0) is 6.42 Å². The Labute approximate surface area is 191 Å². The molecule has 0 aliphatic carbocycles. The molecule has 0 bridgehead atoms. The molecule has 0 radical (unpaired) electrons. The summed E-state index contributed by atoms with van der Waals surface area (Å²) in [5.74, 6) is 6.41. The quantitative estimate of drug-likeness (QED) is 0.156. The molecule has 0 saturated heterocycles. The lowest BCUT2D eigenvalue weighted by Crippen LogP contribution is -2.21. The van der Waals surface area contributed by atoms with Crippen molar-refractivity contribution in [3.8, 4) is 11.8 Å². The highest BCUT2D eigenvalue weighted by atomic mass is 19.1. The van der Waals surface area contributed by atoms with Gasteiger partial charge in [0.15, 0.2) is 0 Å². The summed E-state index contributed by atoms with van der Waals surface area (Å²) in [7, 11) is 0. The Hall–Kier alpha value is -2.27. The average molecular weight is 424 g/mol. The van der Waals surface area contributed by atoms with Crippen molar-refractivity contribution in [1.29, 1.82) is 0 Å². The molecule has 0 spiro atoms. The molecule has 0 amide bonds. The minimum Gasteiger partial charge on any atom is -0.351 e. The molecule has 0 aromatic heterocycles. The normalized spacial score (nSPS) is 12.8. The molecule has 1 aromatic rings. The van der Waals surface area contributed by atoms with Crippen molar-refractivity contribution in [3.05, 3.63) is 72.1 Å². The Morgan fingerprint density at radius 3 is 2.39 bits per heavy atom. The minimum atomic E-state index is -0.376. The van der Waals surface area contributed by atoms with E-state index in [0.29, 0.717) is 0 Å². The number of alkyl halides is 1. The maximum Gasteiger partial charge on any atom is 0.103 e. The molecule has 1 nitrogen and oxygen atoms in total. The number of unbranched alkanes of at least 4 members (excludes halogenated alkanes) is 5. The van der Waals surface area contributed by atoms with Crippen LogP contribution in [0.5, 0.6) is 0 Å². The highest BCUT2D eigenvalue weighted by Crippen LogP contribution is 2.20. The van der Waals surface area contributed by atoms with Gasteiger partial charge in [-0.3, -0.25) is 0 Å². The topological polar surface area (TPSA) is 3.24 Å². The smallest absolute Gasteiger partial charge is 0.103 e. The summed E-state index contributed by atoms with van der Waals surface area (Å²) in [6.07, 6.45) is 15.8. The first-order valence-electron chi connectivity index (χ1n) is 12.1. The highest BCUT2D eigenvalue weighted by Gasteiger charge is 2.12. The van der Waals surface area contributed by atoms with Gasteiger partial charge in [0.05, 0.1) is 0 Å². The van der Waals surface area contributed by atoms with E-state index < -0.39 is 0 Å². The van der Waals surface area contributed by atoms with Gasteiger partial charge in [0.2, 0.25) is 0 Å². The van der Waals surface area contributed by atoms with Crippen molar-refractivity contribution >= 4 is 0 Å². The molecule has 0 saturated carbocycles. The first kappa shape index (κ1) is 26.8. The fourth-order valence-electron chi connectivity index (χ4n) is 3.54. The second-order valence-electron chi connectivity index (χ2n) is 8.08. The third-order valence-electron chi connectivity index (χ3n) is 5.43. The third kappa shape index (κ3) is 11.1. The molecule has 1 aromatic carbocycles. The Balaban J connectivity index is 3.16. The molecule has 0 heterocycles. The molecule has 31 heavy (non-hydrogen) atoms. The summed E-state index contributed by atoms with van der Waals surface area (Å²) in [4.78, 5) is 2.22. The van der Waals surface area contributed by atoms with Crippen LogP contribution in [0.25, 0.3) is 0 Å². The molecule has 1 atom stereocenters. The van der Waals surface area contributed by atoms with Crippen LogP contribution in [0.3, 0.4) is 0 Å². The van der Waals surface area contributed by atoms with E-state index in [0.717, 1.165) is 49.9 Å². The van der Waals surface area contributed by atoms with Crippen LogP contribution in [0.2, 0.25) is 0 Å². The SMILES string of the molecule is C=CN(CCCC)/C(Cc1ccccc1)=C(C#CC(CF)CCCCCCC)\C=C/C. The lowest BCUT2D eigenvalue weighted by molar-refractivity contribution is 0.392. The predicted molar refractivity (Wildman–Crippen MR) is 134 cm³/mol. The number of hydrogen-bond acceptors (Lipinski definition) is 1. The summed E-state index contributed by atoms with van der Waals surface area (Å²) < 4.78 is 13.6. The van der Waals surface area contributed by atoms with Gasteiger partial charge in [0.1, 0.15) is 6.67 Å². The highest BCUT2D eigenvalue weighted by molar-refractivity contribution is 5.44. The predicted octanol–water partition coefficient (Wildman–Crippen LogP) is 8.25. The Morgan fingerprint density at radius 1 is 1.06 bits per heavy atom. The maximum atomic E-state index is 13.6. The Bertz CT molecular complexity index is 720. The second kappa shape index (κ2) is 17.4. The van der Waals surface area contributed by atoms with Gasteiger partial charge in [-0.2, -0.15) is 0 Å². The first-order chi connectivity index (χ1) is 15.2. The zero-order chi connectivity index (χ0) is 22.7. The van der Waals surface area contributed by atoms with E-state index in [1.165, 1.54) is 31.2 Å². The van der Waals surface area contributed by atoms with Gasteiger partial charge in [0, 0.05) is 30.2 Å². The van der Waals surface area contributed by atoms with Crippen LogP contribution in [0.1, 0.15) is 77.7 Å². The van der Waals surface area contributed by atoms with Gasteiger partial charge in [-0.15, -0.1) is 0 Å².